The molecule has 41 heavy (non-hydrogen) atoms. The summed E-state index contributed by atoms with van der Waals surface area (Å²) in [6, 6.07) is 17.5. The fourth-order valence-corrected chi connectivity index (χ4v) is 5.76. The van der Waals surface area contributed by atoms with Gasteiger partial charge in [-0.1, -0.05) is 30.7 Å². The van der Waals surface area contributed by atoms with E-state index in [2.05, 4.69) is 4.74 Å². The van der Waals surface area contributed by atoms with Crippen molar-refractivity contribution in [1.29, 1.82) is 0 Å². The summed E-state index contributed by atoms with van der Waals surface area (Å²) in [5.41, 5.74) is 4.37. The van der Waals surface area contributed by atoms with Crippen LogP contribution >= 0.6 is 0 Å². The molecule has 0 saturated heterocycles. The molecule has 3 atom stereocenters. The zero-order valence-electron chi connectivity index (χ0n) is 24.1. The quantitative estimate of drug-likeness (QED) is 0.167. The van der Waals surface area contributed by atoms with Crippen molar-refractivity contribution in [3.05, 3.63) is 89.5 Å². The highest BCUT2D eigenvalue weighted by Gasteiger charge is 2.38. The maximum atomic E-state index is 14.9. The van der Waals surface area contributed by atoms with Gasteiger partial charge in [0.1, 0.15) is 17.9 Å². The lowest BCUT2D eigenvalue weighted by Crippen LogP contribution is -2.17. The molecule has 3 aromatic carbocycles. The summed E-state index contributed by atoms with van der Waals surface area (Å²) >= 11 is 0. The summed E-state index contributed by atoms with van der Waals surface area (Å²) in [4.78, 5) is 25.4. The Morgan fingerprint density at radius 1 is 0.927 bits per heavy atom. The Morgan fingerprint density at radius 2 is 1.66 bits per heavy atom. The summed E-state index contributed by atoms with van der Waals surface area (Å²) in [7, 11) is 6.97. The number of aldehydes is 1. The number of benzene rings is 3. The number of fused-ring (bicyclic) bond motifs is 2. The largest absolute Gasteiger partial charge is 0.466 e. The molecule has 2 aliphatic rings. The van der Waals surface area contributed by atoms with Crippen LogP contribution in [0.1, 0.15) is 36.8 Å². The number of nitrogens with zero attached hydrogens (tertiary/aromatic N) is 2. The van der Waals surface area contributed by atoms with Gasteiger partial charge in [-0.3, -0.25) is 0 Å². The second-order valence-electron chi connectivity index (χ2n) is 11.2. The van der Waals surface area contributed by atoms with Crippen LogP contribution in [0, 0.1) is 29.4 Å². The highest BCUT2D eigenvalue weighted by atomic mass is 19.1. The van der Waals surface area contributed by atoms with Gasteiger partial charge in [-0.25, -0.2) is 13.6 Å². The molecule has 5 nitrogen and oxygen atoms in total. The summed E-state index contributed by atoms with van der Waals surface area (Å²) in [6.07, 6.45) is 9.15. The third kappa shape index (κ3) is 7.81. The molecule has 5 rings (SSSR count). The summed E-state index contributed by atoms with van der Waals surface area (Å²) in [5, 5.41) is 0. The number of rotatable bonds is 8. The van der Waals surface area contributed by atoms with Crippen molar-refractivity contribution in [3.8, 4) is 11.1 Å². The van der Waals surface area contributed by atoms with Crippen LogP contribution in [0.5, 0.6) is 0 Å². The molecule has 2 aliphatic carbocycles. The number of hydrogen-bond donors (Lipinski definition) is 0. The van der Waals surface area contributed by atoms with Gasteiger partial charge in [0.2, 0.25) is 0 Å². The third-order valence-electron chi connectivity index (χ3n) is 8.10. The normalized spacial score (nSPS) is 19.0. The maximum absolute atomic E-state index is 14.9. The molecule has 0 aromatic heterocycles. The van der Waals surface area contributed by atoms with Crippen LogP contribution in [-0.2, 0) is 20.9 Å². The molecular weight excluding hydrogens is 522 g/mol. The van der Waals surface area contributed by atoms with E-state index in [9.17, 15) is 18.4 Å². The first-order valence-corrected chi connectivity index (χ1v) is 14.0. The number of carbonyl (C=O) groups is 2. The molecule has 3 unspecified atom stereocenters. The van der Waals surface area contributed by atoms with Crippen molar-refractivity contribution >= 4 is 29.7 Å². The Hall–Kier alpha value is -4.00. The molecule has 0 radical (unpaired) electrons. The Bertz CT molecular complexity index is 1390. The molecule has 0 spiro atoms. The molecule has 0 aliphatic heterocycles. The molecule has 2 bridgehead atoms. The smallest absolute Gasteiger partial charge is 0.330 e. The van der Waals surface area contributed by atoms with E-state index < -0.39 is 11.8 Å². The number of ether oxygens (including phenoxy) is 1. The van der Waals surface area contributed by atoms with Gasteiger partial charge in [0.15, 0.2) is 0 Å². The minimum absolute atomic E-state index is 0.259. The predicted octanol–water partition coefficient (Wildman–Crippen LogP) is 7.14. The minimum atomic E-state index is -0.525. The second-order valence-corrected chi connectivity index (χ2v) is 11.2. The molecule has 0 N–H and O–H groups in total. The van der Waals surface area contributed by atoms with Crippen molar-refractivity contribution in [3.63, 3.8) is 0 Å². The van der Waals surface area contributed by atoms with Crippen molar-refractivity contribution in [1.82, 2.24) is 0 Å². The van der Waals surface area contributed by atoms with Gasteiger partial charge < -0.3 is 19.3 Å². The topological polar surface area (TPSA) is 49.9 Å². The third-order valence-corrected chi connectivity index (χ3v) is 8.10. The van der Waals surface area contributed by atoms with E-state index in [1.807, 2.05) is 49.3 Å². The van der Waals surface area contributed by atoms with E-state index in [0.29, 0.717) is 22.7 Å². The first-order valence-electron chi connectivity index (χ1n) is 14.0. The zero-order chi connectivity index (χ0) is 29.5. The van der Waals surface area contributed by atoms with Gasteiger partial charge in [-0.2, -0.15) is 0 Å². The number of hydrogen-bond acceptors (Lipinski definition) is 5. The molecule has 0 heterocycles. The fourth-order valence-electron chi connectivity index (χ4n) is 5.76. The first-order chi connectivity index (χ1) is 19.7. The standard InChI is InChI=1S/C26H26F2N2O2.C8H12O/c1-29(2)23-10-8-19(9-11-23)20-6-7-21(25(28)15-20)17-30(3)24-14-18(13-22(27)16-24)5-12-26(31)32-4;9-5-8-4-6-1-2-7(8)3-6/h5-16H,17H2,1-4H3;5-8H,1-4H2/b12-5+;. The van der Waals surface area contributed by atoms with E-state index in [0.717, 1.165) is 28.7 Å². The Morgan fingerprint density at radius 3 is 2.22 bits per heavy atom. The number of esters is 1. The van der Waals surface area contributed by atoms with Crippen LogP contribution in [0.3, 0.4) is 0 Å². The van der Waals surface area contributed by atoms with Gasteiger partial charge in [0.25, 0.3) is 0 Å². The van der Waals surface area contributed by atoms with E-state index in [1.54, 1.807) is 24.1 Å². The van der Waals surface area contributed by atoms with E-state index in [1.165, 1.54) is 69.4 Å². The van der Waals surface area contributed by atoms with Crippen LogP contribution in [0.15, 0.2) is 66.7 Å². The monoisotopic (exact) mass is 560 g/mol. The number of halogens is 2. The molecule has 0 amide bonds. The van der Waals surface area contributed by atoms with Gasteiger partial charge in [-0.15, -0.1) is 0 Å². The molecular formula is C34H38F2N2O3. The lowest BCUT2D eigenvalue weighted by Gasteiger charge is -2.21. The Kier molecular flexibility index (Phi) is 9.92. The Balaban J connectivity index is 0.000000360. The number of anilines is 2. The van der Waals surface area contributed by atoms with E-state index >= 15 is 0 Å². The highest BCUT2D eigenvalue weighted by molar-refractivity contribution is 5.87. The van der Waals surface area contributed by atoms with Crippen molar-refractivity contribution in [2.45, 2.75) is 32.2 Å². The van der Waals surface area contributed by atoms with E-state index in [-0.39, 0.29) is 12.4 Å². The number of methoxy groups -OCH3 is 1. The molecule has 216 valence electrons. The van der Waals surface area contributed by atoms with Crippen molar-refractivity contribution in [2.75, 3.05) is 38.1 Å². The van der Waals surface area contributed by atoms with Gasteiger partial charge in [0, 0.05) is 56.6 Å². The predicted molar refractivity (Wildman–Crippen MR) is 161 cm³/mol. The maximum Gasteiger partial charge on any atom is 0.330 e. The van der Waals surface area contributed by atoms with Crippen LogP contribution < -0.4 is 9.80 Å². The summed E-state index contributed by atoms with van der Waals surface area (Å²) in [6.45, 7) is 0.259. The van der Waals surface area contributed by atoms with Crippen LogP contribution in [0.25, 0.3) is 17.2 Å². The average molecular weight is 561 g/mol. The van der Waals surface area contributed by atoms with Gasteiger partial charge >= 0.3 is 5.97 Å². The fraction of sp³-hybridized carbons (Fsp3) is 0.353. The summed E-state index contributed by atoms with van der Waals surface area (Å²) < 4.78 is 33.5. The van der Waals surface area contributed by atoms with Gasteiger partial charge in [0.05, 0.1) is 7.11 Å². The molecule has 3 aromatic rings. The molecule has 2 saturated carbocycles. The lowest BCUT2D eigenvalue weighted by molar-refractivity contribution is -0.134. The minimum Gasteiger partial charge on any atom is -0.466 e. The number of carbonyl (C=O) groups excluding carboxylic acids is 2. The highest BCUT2D eigenvalue weighted by Crippen LogP contribution is 2.47. The first kappa shape index (κ1) is 30.0. The summed E-state index contributed by atoms with van der Waals surface area (Å²) in [5.74, 6) is 0.855. The molecule has 2 fully saturated rings. The van der Waals surface area contributed by atoms with E-state index in [4.69, 9.17) is 0 Å². The van der Waals surface area contributed by atoms with Crippen LogP contribution in [-0.4, -0.2) is 40.5 Å². The lowest BCUT2D eigenvalue weighted by atomic mass is 9.90. The average Bonchev–Trinajstić information content (AvgIpc) is 3.61. The molecule has 7 heteroatoms. The van der Waals surface area contributed by atoms with Gasteiger partial charge in [-0.05, 0) is 90.3 Å². The second kappa shape index (κ2) is 13.6. The van der Waals surface area contributed by atoms with Crippen LogP contribution in [0.2, 0.25) is 0 Å². The Labute approximate surface area is 241 Å². The zero-order valence-corrected chi connectivity index (χ0v) is 24.1. The van der Waals surface area contributed by atoms with Crippen molar-refractivity contribution in [2.24, 2.45) is 17.8 Å². The SMILES string of the molecule is COC(=O)/C=C/c1cc(F)cc(N(C)Cc2ccc(-c3ccc(N(C)C)cc3)cc2F)c1.O=CC1CC2CCC1C2. The van der Waals surface area contributed by atoms with Crippen LogP contribution in [0.4, 0.5) is 20.2 Å². The van der Waals surface area contributed by atoms with Crippen molar-refractivity contribution < 1.29 is 23.1 Å².